The summed E-state index contributed by atoms with van der Waals surface area (Å²) >= 11 is 0. The van der Waals surface area contributed by atoms with Gasteiger partial charge in [-0.25, -0.2) is 0 Å². The van der Waals surface area contributed by atoms with Crippen molar-refractivity contribution >= 4 is 5.84 Å². The second-order valence-corrected chi connectivity index (χ2v) is 3.78. The predicted molar refractivity (Wildman–Crippen MR) is 62.3 cm³/mol. The Morgan fingerprint density at radius 3 is 3.12 bits per heavy atom. The van der Waals surface area contributed by atoms with Gasteiger partial charge < -0.3 is 16.3 Å². The Kier molecular flexibility index (Phi) is 5.35. The third-order valence-corrected chi connectivity index (χ3v) is 2.25. The van der Waals surface area contributed by atoms with Crippen molar-refractivity contribution in [3.8, 4) is 0 Å². The fourth-order valence-corrected chi connectivity index (χ4v) is 1.42. The number of oxime groups is 1. The second kappa shape index (κ2) is 6.84. The molecule has 0 aliphatic heterocycles. The molecule has 1 atom stereocenters. The number of hydrogen-bond donors (Lipinski definition) is 3. The molecule has 6 heteroatoms. The topological polar surface area (TPSA) is 88.5 Å². The van der Waals surface area contributed by atoms with Gasteiger partial charge in [0.1, 0.15) is 5.84 Å². The Hall–Kier alpha value is -1.56. The summed E-state index contributed by atoms with van der Waals surface area (Å²) in [6.07, 6.45) is 5.18. The highest BCUT2D eigenvalue weighted by atomic mass is 16.4. The number of nitrogens with one attached hydrogen (secondary N) is 1. The van der Waals surface area contributed by atoms with Crippen LogP contribution in [0.2, 0.25) is 0 Å². The molecule has 0 radical (unpaired) electrons. The Bertz CT molecular complexity index is 309. The van der Waals surface area contributed by atoms with Gasteiger partial charge in [0.25, 0.3) is 0 Å². The lowest BCUT2D eigenvalue weighted by Crippen LogP contribution is -2.31. The molecule has 0 aliphatic rings. The van der Waals surface area contributed by atoms with Crippen LogP contribution in [0.5, 0.6) is 0 Å². The van der Waals surface area contributed by atoms with Crippen LogP contribution < -0.4 is 11.1 Å². The Balaban J connectivity index is 2.09. The maximum absolute atomic E-state index is 8.35. The van der Waals surface area contributed by atoms with Crippen LogP contribution in [0.1, 0.15) is 19.8 Å². The third-order valence-electron chi connectivity index (χ3n) is 2.25. The molecule has 0 bridgehead atoms. The molecule has 0 aliphatic carbocycles. The summed E-state index contributed by atoms with van der Waals surface area (Å²) < 4.78 is 1.89. The molecule has 0 aromatic carbocycles. The maximum Gasteiger partial charge on any atom is 0.139 e. The molecule has 1 unspecified atom stereocenters. The largest absolute Gasteiger partial charge is 0.409 e. The van der Waals surface area contributed by atoms with E-state index in [1.165, 1.54) is 0 Å². The van der Waals surface area contributed by atoms with Crippen LogP contribution in [0.3, 0.4) is 0 Å². The van der Waals surface area contributed by atoms with Gasteiger partial charge in [-0.3, -0.25) is 4.68 Å². The molecule has 1 heterocycles. The normalized spacial score (nSPS) is 13.9. The summed E-state index contributed by atoms with van der Waals surface area (Å²) in [7, 11) is 0. The van der Waals surface area contributed by atoms with E-state index in [0.29, 0.717) is 12.5 Å². The molecule has 16 heavy (non-hydrogen) atoms. The molecule has 0 amide bonds. The van der Waals surface area contributed by atoms with Crippen LogP contribution in [0.4, 0.5) is 0 Å². The highest BCUT2D eigenvalue weighted by molar-refractivity contribution is 5.79. The van der Waals surface area contributed by atoms with Crippen molar-refractivity contribution in [2.45, 2.75) is 32.4 Å². The fraction of sp³-hybridized carbons (Fsp3) is 0.600. The van der Waals surface area contributed by atoms with Crippen LogP contribution in [0.25, 0.3) is 0 Å². The SMILES string of the molecule is CC(Cn1cccn1)NCCCC(N)=NO. The standard InChI is InChI=1S/C10H19N5O/c1-9(8-15-7-3-6-13-15)12-5-2-4-10(11)14-16/h3,6-7,9,12,16H,2,4-5,8H2,1H3,(H2,11,14). The molecule has 0 fully saturated rings. The summed E-state index contributed by atoms with van der Waals surface area (Å²) in [6.45, 7) is 3.79. The molecule has 0 saturated heterocycles. The molecular formula is C10H19N5O. The van der Waals surface area contributed by atoms with Gasteiger partial charge in [0, 0.05) is 24.9 Å². The van der Waals surface area contributed by atoms with Crippen molar-refractivity contribution in [1.82, 2.24) is 15.1 Å². The number of nitrogens with two attached hydrogens (primary N) is 1. The molecule has 1 aromatic rings. The molecule has 1 aromatic heterocycles. The Morgan fingerprint density at radius 1 is 1.69 bits per heavy atom. The summed E-state index contributed by atoms with van der Waals surface area (Å²) in [5.74, 6) is 0.279. The van der Waals surface area contributed by atoms with Crippen molar-refractivity contribution in [1.29, 1.82) is 0 Å². The fourth-order valence-electron chi connectivity index (χ4n) is 1.42. The minimum absolute atomic E-state index is 0.279. The molecule has 1 rings (SSSR count). The van der Waals surface area contributed by atoms with Gasteiger partial charge in [0.15, 0.2) is 0 Å². The van der Waals surface area contributed by atoms with Gasteiger partial charge in [0.05, 0.1) is 6.54 Å². The first kappa shape index (κ1) is 12.5. The molecule has 0 saturated carbocycles. The smallest absolute Gasteiger partial charge is 0.139 e. The van der Waals surface area contributed by atoms with E-state index in [9.17, 15) is 0 Å². The lowest BCUT2D eigenvalue weighted by atomic mass is 10.2. The molecule has 90 valence electrons. The number of hydrogen-bond acceptors (Lipinski definition) is 4. The van der Waals surface area contributed by atoms with Crippen molar-refractivity contribution in [3.05, 3.63) is 18.5 Å². The van der Waals surface area contributed by atoms with Crippen LogP contribution in [0.15, 0.2) is 23.6 Å². The average molecular weight is 225 g/mol. The van der Waals surface area contributed by atoms with E-state index in [0.717, 1.165) is 19.5 Å². The first-order valence-corrected chi connectivity index (χ1v) is 5.39. The van der Waals surface area contributed by atoms with Gasteiger partial charge in [-0.1, -0.05) is 5.16 Å². The van der Waals surface area contributed by atoms with Crippen molar-refractivity contribution < 1.29 is 5.21 Å². The minimum atomic E-state index is 0.279. The van der Waals surface area contributed by atoms with E-state index >= 15 is 0 Å². The predicted octanol–water partition coefficient (Wildman–Crippen LogP) is 0.388. The van der Waals surface area contributed by atoms with Crippen LogP contribution in [0, 0.1) is 0 Å². The lowest BCUT2D eigenvalue weighted by Gasteiger charge is -2.13. The van der Waals surface area contributed by atoms with Gasteiger partial charge in [-0.2, -0.15) is 5.10 Å². The summed E-state index contributed by atoms with van der Waals surface area (Å²) in [5, 5.41) is 18.7. The zero-order chi connectivity index (χ0) is 11.8. The zero-order valence-corrected chi connectivity index (χ0v) is 9.50. The first-order chi connectivity index (χ1) is 7.72. The Labute approximate surface area is 95.1 Å². The first-order valence-electron chi connectivity index (χ1n) is 5.39. The zero-order valence-electron chi connectivity index (χ0n) is 9.50. The number of rotatable bonds is 7. The van der Waals surface area contributed by atoms with Crippen LogP contribution >= 0.6 is 0 Å². The number of amidine groups is 1. The van der Waals surface area contributed by atoms with Gasteiger partial charge in [-0.05, 0) is 26.0 Å². The number of aromatic nitrogens is 2. The molecule has 0 spiro atoms. The number of nitrogens with zero attached hydrogens (tertiary/aromatic N) is 3. The van der Waals surface area contributed by atoms with E-state index in [1.807, 2.05) is 16.9 Å². The summed E-state index contributed by atoms with van der Waals surface area (Å²) in [4.78, 5) is 0. The van der Waals surface area contributed by atoms with Crippen molar-refractivity contribution in [3.63, 3.8) is 0 Å². The van der Waals surface area contributed by atoms with Gasteiger partial charge in [0.2, 0.25) is 0 Å². The van der Waals surface area contributed by atoms with E-state index < -0.39 is 0 Å². The molecule has 6 nitrogen and oxygen atoms in total. The summed E-state index contributed by atoms with van der Waals surface area (Å²) in [6, 6.07) is 2.26. The van der Waals surface area contributed by atoms with E-state index in [4.69, 9.17) is 10.9 Å². The third kappa shape index (κ3) is 4.79. The van der Waals surface area contributed by atoms with Crippen LogP contribution in [-0.4, -0.2) is 33.4 Å². The van der Waals surface area contributed by atoms with E-state index in [1.54, 1.807) is 6.20 Å². The molecular weight excluding hydrogens is 206 g/mol. The van der Waals surface area contributed by atoms with Gasteiger partial charge in [-0.15, -0.1) is 0 Å². The van der Waals surface area contributed by atoms with Gasteiger partial charge >= 0.3 is 0 Å². The second-order valence-electron chi connectivity index (χ2n) is 3.78. The lowest BCUT2D eigenvalue weighted by molar-refractivity contribution is 0.316. The minimum Gasteiger partial charge on any atom is -0.409 e. The monoisotopic (exact) mass is 225 g/mol. The average Bonchev–Trinajstić information content (AvgIpc) is 2.76. The van der Waals surface area contributed by atoms with E-state index in [-0.39, 0.29) is 5.84 Å². The maximum atomic E-state index is 8.35. The van der Waals surface area contributed by atoms with Crippen LogP contribution in [-0.2, 0) is 6.54 Å². The summed E-state index contributed by atoms with van der Waals surface area (Å²) in [5.41, 5.74) is 5.36. The highest BCUT2D eigenvalue weighted by Crippen LogP contribution is 1.92. The van der Waals surface area contributed by atoms with Crippen molar-refractivity contribution in [2.24, 2.45) is 10.9 Å². The Morgan fingerprint density at radius 2 is 2.50 bits per heavy atom. The highest BCUT2D eigenvalue weighted by Gasteiger charge is 2.02. The molecule has 4 N–H and O–H groups in total. The van der Waals surface area contributed by atoms with Crippen molar-refractivity contribution in [2.75, 3.05) is 6.54 Å². The van der Waals surface area contributed by atoms with E-state index in [2.05, 4.69) is 22.5 Å². The quantitative estimate of drug-likeness (QED) is 0.206.